The summed E-state index contributed by atoms with van der Waals surface area (Å²) < 4.78 is 32.5. The molecule has 26 heavy (non-hydrogen) atoms. The van der Waals surface area contributed by atoms with Crippen molar-refractivity contribution in [3.8, 4) is 0 Å². The molecule has 0 radical (unpaired) electrons. The molecule has 7 nitrogen and oxygen atoms in total. The Kier molecular flexibility index (Phi) is 6.65. The van der Waals surface area contributed by atoms with Gasteiger partial charge in [-0.3, -0.25) is 9.59 Å². The highest BCUT2D eigenvalue weighted by molar-refractivity contribution is 7.89. The van der Waals surface area contributed by atoms with E-state index in [-0.39, 0.29) is 27.8 Å². The van der Waals surface area contributed by atoms with Gasteiger partial charge in [0.25, 0.3) is 5.91 Å². The Morgan fingerprint density at radius 1 is 1.23 bits per heavy atom. The number of ether oxygens (including phenoxy) is 1. The fraction of sp³-hybridized carbons (Fsp3) is 0.529. The Hall–Kier alpha value is -1.64. The van der Waals surface area contributed by atoms with Gasteiger partial charge >= 0.3 is 5.97 Å². The van der Waals surface area contributed by atoms with Crippen LogP contribution in [0.1, 0.15) is 33.6 Å². The Morgan fingerprint density at radius 3 is 2.42 bits per heavy atom. The minimum atomic E-state index is -3.97. The van der Waals surface area contributed by atoms with Gasteiger partial charge in [-0.1, -0.05) is 31.5 Å². The Bertz CT molecular complexity index is 777. The van der Waals surface area contributed by atoms with Gasteiger partial charge < -0.3 is 10.1 Å². The summed E-state index contributed by atoms with van der Waals surface area (Å²) in [6, 6.07) is 4.74. The Morgan fingerprint density at radius 2 is 1.88 bits per heavy atom. The highest BCUT2D eigenvalue weighted by Crippen LogP contribution is 2.19. The lowest BCUT2D eigenvalue weighted by Gasteiger charge is -2.23. The van der Waals surface area contributed by atoms with E-state index in [0.29, 0.717) is 0 Å². The van der Waals surface area contributed by atoms with Crippen molar-refractivity contribution >= 4 is 33.5 Å². The third-order valence-corrected chi connectivity index (χ3v) is 5.57. The predicted molar refractivity (Wildman–Crippen MR) is 97.1 cm³/mol. The van der Waals surface area contributed by atoms with Crippen molar-refractivity contribution in [1.82, 2.24) is 10.0 Å². The second kappa shape index (κ2) is 8.37. The lowest BCUT2D eigenvalue weighted by molar-refractivity contribution is -0.157. The van der Waals surface area contributed by atoms with E-state index in [1.54, 1.807) is 19.9 Å². The molecular formula is C17H23ClN2O5S. The molecule has 9 heteroatoms. The number of amides is 1. The molecule has 1 amide bonds. The van der Waals surface area contributed by atoms with Crippen molar-refractivity contribution < 1.29 is 22.7 Å². The number of nitrogens with one attached hydrogen (secondary N) is 2. The Labute approximate surface area is 158 Å². The first-order chi connectivity index (χ1) is 12.1. The van der Waals surface area contributed by atoms with Crippen LogP contribution < -0.4 is 10.0 Å². The van der Waals surface area contributed by atoms with Gasteiger partial charge in [-0.25, -0.2) is 8.42 Å². The van der Waals surface area contributed by atoms with Gasteiger partial charge in [0.1, 0.15) is 6.04 Å². The molecule has 2 N–H and O–H groups in total. The Balaban J connectivity index is 2.07. The van der Waals surface area contributed by atoms with Crippen molar-refractivity contribution in [2.24, 2.45) is 5.92 Å². The van der Waals surface area contributed by atoms with Crippen LogP contribution in [0.25, 0.3) is 0 Å². The van der Waals surface area contributed by atoms with Gasteiger partial charge in [-0.2, -0.15) is 4.72 Å². The summed E-state index contributed by atoms with van der Waals surface area (Å²) in [7, 11) is -3.97. The van der Waals surface area contributed by atoms with Gasteiger partial charge in [0.15, 0.2) is 6.10 Å². The molecule has 1 fully saturated rings. The topological polar surface area (TPSA) is 102 Å². The van der Waals surface area contributed by atoms with E-state index in [1.807, 2.05) is 0 Å². The molecule has 0 saturated heterocycles. The van der Waals surface area contributed by atoms with Gasteiger partial charge in [0.2, 0.25) is 10.0 Å². The minimum absolute atomic E-state index is 0.0528. The number of hydrogen-bond donors (Lipinski definition) is 2. The van der Waals surface area contributed by atoms with E-state index in [2.05, 4.69) is 10.0 Å². The normalized spacial score (nSPS) is 16.8. The van der Waals surface area contributed by atoms with Crippen LogP contribution in [0, 0.1) is 5.92 Å². The van der Waals surface area contributed by atoms with Gasteiger partial charge in [-0.05, 0) is 43.9 Å². The molecule has 2 atom stereocenters. The molecule has 1 aliphatic carbocycles. The first-order valence-electron chi connectivity index (χ1n) is 8.39. The summed E-state index contributed by atoms with van der Waals surface area (Å²) in [4.78, 5) is 24.3. The zero-order valence-electron chi connectivity index (χ0n) is 14.9. The van der Waals surface area contributed by atoms with Gasteiger partial charge in [0.05, 0.1) is 4.90 Å². The summed E-state index contributed by atoms with van der Waals surface area (Å²) in [5.41, 5.74) is 0. The van der Waals surface area contributed by atoms with Crippen molar-refractivity contribution in [3.63, 3.8) is 0 Å². The van der Waals surface area contributed by atoms with Crippen molar-refractivity contribution in [3.05, 3.63) is 29.3 Å². The number of benzene rings is 1. The maximum absolute atomic E-state index is 12.5. The monoisotopic (exact) mass is 402 g/mol. The van der Waals surface area contributed by atoms with E-state index in [9.17, 15) is 18.0 Å². The quantitative estimate of drug-likeness (QED) is 0.646. The highest BCUT2D eigenvalue weighted by Gasteiger charge is 2.33. The van der Waals surface area contributed by atoms with Gasteiger partial charge in [0, 0.05) is 11.1 Å². The molecule has 0 aliphatic heterocycles. The van der Waals surface area contributed by atoms with Crippen LogP contribution in [0.15, 0.2) is 29.2 Å². The van der Waals surface area contributed by atoms with Crippen LogP contribution in [-0.4, -0.2) is 38.5 Å². The zero-order chi connectivity index (χ0) is 19.5. The molecule has 1 aliphatic rings. The summed E-state index contributed by atoms with van der Waals surface area (Å²) in [6.45, 7) is 4.82. The third-order valence-electron chi connectivity index (χ3n) is 3.89. The van der Waals surface area contributed by atoms with Crippen LogP contribution in [0.5, 0.6) is 0 Å². The number of rotatable bonds is 8. The molecule has 1 aromatic carbocycles. The molecule has 0 spiro atoms. The number of carbonyl (C=O) groups is 2. The molecule has 0 aromatic heterocycles. The van der Waals surface area contributed by atoms with E-state index in [4.69, 9.17) is 16.3 Å². The van der Waals surface area contributed by atoms with Crippen molar-refractivity contribution in [2.45, 2.75) is 56.7 Å². The number of esters is 1. The summed E-state index contributed by atoms with van der Waals surface area (Å²) in [5.74, 6) is -1.57. The largest absolute Gasteiger partial charge is 0.451 e. The number of halogens is 1. The van der Waals surface area contributed by atoms with Crippen molar-refractivity contribution in [1.29, 1.82) is 0 Å². The molecule has 144 valence electrons. The van der Waals surface area contributed by atoms with Crippen LogP contribution in [-0.2, 0) is 24.3 Å². The van der Waals surface area contributed by atoms with Crippen LogP contribution in [0.3, 0.4) is 0 Å². The van der Waals surface area contributed by atoms with E-state index >= 15 is 0 Å². The molecule has 0 heterocycles. The fourth-order valence-electron chi connectivity index (χ4n) is 2.17. The zero-order valence-corrected chi connectivity index (χ0v) is 16.4. The predicted octanol–water partition coefficient (Wildman–Crippen LogP) is 1.85. The molecule has 0 unspecified atom stereocenters. The summed E-state index contributed by atoms with van der Waals surface area (Å²) >= 11 is 5.83. The first-order valence-corrected chi connectivity index (χ1v) is 10.2. The van der Waals surface area contributed by atoms with Crippen molar-refractivity contribution in [2.75, 3.05) is 0 Å². The lowest BCUT2D eigenvalue weighted by Crippen LogP contribution is -2.47. The van der Waals surface area contributed by atoms with Crippen LogP contribution >= 0.6 is 11.6 Å². The maximum Gasteiger partial charge on any atom is 0.325 e. The average molecular weight is 403 g/mol. The highest BCUT2D eigenvalue weighted by atomic mass is 35.5. The molecule has 2 rings (SSSR count). The smallest absolute Gasteiger partial charge is 0.325 e. The first kappa shape index (κ1) is 20.7. The second-order valence-electron chi connectivity index (χ2n) is 6.66. The number of sulfonamides is 1. The van der Waals surface area contributed by atoms with E-state index < -0.39 is 28.1 Å². The fourth-order valence-corrected chi connectivity index (χ4v) is 3.81. The third kappa shape index (κ3) is 5.69. The SMILES string of the molecule is CC(C)[C@H](NS(=O)(=O)c1cccc(Cl)c1)C(=O)O[C@@H](C)C(=O)NC1CC1. The molecular weight excluding hydrogens is 380 g/mol. The lowest BCUT2D eigenvalue weighted by atomic mass is 10.1. The maximum atomic E-state index is 12.5. The minimum Gasteiger partial charge on any atom is -0.451 e. The molecule has 0 bridgehead atoms. The number of hydrogen-bond acceptors (Lipinski definition) is 5. The molecule has 1 saturated carbocycles. The van der Waals surface area contributed by atoms with Crippen LogP contribution in [0.4, 0.5) is 0 Å². The summed E-state index contributed by atoms with van der Waals surface area (Å²) in [5, 5.41) is 3.00. The molecule has 1 aromatic rings. The van der Waals surface area contributed by atoms with E-state index in [1.165, 1.54) is 25.1 Å². The second-order valence-corrected chi connectivity index (χ2v) is 8.81. The summed E-state index contributed by atoms with van der Waals surface area (Å²) in [6.07, 6.45) is 0.834. The van der Waals surface area contributed by atoms with Crippen LogP contribution in [0.2, 0.25) is 5.02 Å². The standard InChI is InChI=1S/C17H23ClN2O5S/c1-10(2)15(17(22)25-11(3)16(21)19-13-7-8-13)20-26(23,24)14-6-4-5-12(18)9-14/h4-6,9-11,13,15,20H,7-8H2,1-3H3,(H,19,21)/t11-,15-/m0/s1. The van der Waals surface area contributed by atoms with Gasteiger partial charge in [-0.15, -0.1) is 0 Å². The number of carbonyl (C=O) groups excluding carboxylic acids is 2. The average Bonchev–Trinajstić information content (AvgIpc) is 3.36. The van der Waals surface area contributed by atoms with E-state index in [0.717, 1.165) is 12.8 Å².